The van der Waals surface area contributed by atoms with E-state index in [0.29, 0.717) is 5.95 Å². The molecular formula is C57H34N4. The monoisotopic (exact) mass is 774 g/mol. The summed E-state index contributed by atoms with van der Waals surface area (Å²) in [5.74, 6) is 0.665. The van der Waals surface area contributed by atoms with E-state index in [2.05, 4.69) is 197 Å². The van der Waals surface area contributed by atoms with Gasteiger partial charge in [-0.25, -0.2) is 9.97 Å². The first-order valence-corrected chi connectivity index (χ1v) is 21.0. The molecule has 9 aromatic carbocycles. The van der Waals surface area contributed by atoms with Crippen molar-refractivity contribution in [2.24, 2.45) is 0 Å². The Morgan fingerprint density at radius 3 is 1.61 bits per heavy atom. The third-order valence-electron chi connectivity index (χ3n) is 13.3. The maximum atomic E-state index is 5.30. The molecule has 4 heterocycles. The van der Waals surface area contributed by atoms with Crippen molar-refractivity contribution in [3.63, 3.8) is 0 Å². The molecule has 0 aliphatic heterocycles. The summed E-state index contributed by atoms with van der Waals surface area (Å²) in [5.41, 5.74) is 13.9. The highest BCUT2D eigenvalue weighted by Crippen LogP contribution is 2.44. The number of para-hydroxylation sites is 4. The van der Waals surface area contributed by atoms with Crippen LogP contribution in [0.25, 0.3) is 121 Å². The van der Waals surface area contributed by atoms with Crippen LogP contribution in [0, 0.1) is 0 Å². The molecule has 0 spiro atoms. The van der Waals surface area contributed by atoms with Crippen molar-refractivity contribution in [2.75, 3.05) is 0 Å². The van der Waals surface area contributed by atoms with Crippen LogP contribution in [0.2, 0.25) is 0 Å². The summed E-state index contributed by atoms with van der Waals surface area (Å²) in [6.07, 6.45) is 0.962. The molecule has 1 aliphatic carbocycles. The SMILES string of the molecule is c1ccc(-c2nc(-n3c4ccccc4c4cc(-c5ccc6c(c5)c5cccc7c8cccc9c8c8c(cccc8c8ccccc8n6c75)C9)ccc43)nc3ccccc23)cc1. The zero-order valence-electron chi connectivity index (χ0n) is 33.0. The van der Waals surface area contributed by atoms with Gasteiger partial charge in [0.05, 0.1) is 38.8 Å². The molecule has 0 atom stereocenters. The predicted molar refractivity (Wildman–Crippen MR) is 255 cm³/mol. The summed E-state index contributed by atoms with van der Waals surface area (Å²) >= 11 is 0. The van der Waals surface area contributed by atoms with Gasteiger partial charge in [0.1, 0.15) is 0 Å². The van der Waals surface area contributed by atoms with E-state index in [1.54, 1.807) is 0 Å². The van der Waals surface area contributed by atoms with Crippen LogP contribution in [0.4, 0.5) is 0 Å². The van der Waals surface area contributed by atoms with E-state index in [4.69, 9.17) is 9.97 Å². The average molecular weight is 775 g/mol. The second kappa shape index (κ2) is 12.2. The van der Waals surface area contributed by atoms with E-state index in [-0.39, 0.29) is 0 Å². The van der Waals surface area contributed by atoms with Crippen molar-refractivity contribution in [3.05, 3.63) is 205 Å². The molecule has 0 saturated heterocycles. The highest BCUT2D eigenvalue weighted by atomic mass is 15.2. The fraction of sp³-hybridized carbons (Fsp3) is 0.0175. The lowest BCUT2D eigenvalue weighted by atomic mass is 9.99. The lowest BCUT2D eigenvalue weighted by Crippen LogP contribution is -2.03. The molecular weight excluding hydrogens is 741 g/mol. The number of fused-ring (bicyclic) bond motifs is 11. The molecule has 1 aliphatic rings. The minimum absolute atomic E-state index is 0.665. The molecule has 4 aromatic heterocycles. The molecule has 0 bridgehead atoms. The molecule has 0 N–H and O–H groups in total. The standard InChI is InChI=1S/C57H34N4/c1-2-13-34(14-3-1)55-45-19-4-7-24-48(45)58-57(59-55)61-50-26-9-6-18-40(50)46-32-35(28-30-52(46)61)36-27-29-51-47(33-36)44-23-12-22-43-42-21-11-16-38-31-37-15-10-20-41(53(37)54(38)42)39-17-5-8-25-49(39)60(51)56(43)44/h1-30,32-33H,31H2. The van der Waals surface area contributed by atoms with Crippen molar-refractivity contribution in [2.45, 2.75) is 6.42 Å². The molecule has 0 saturated carbocycles. The van der Waals surface area contributed by atoms with Gasteiger partial charge >= 0.3 is 0 Å². The Morgan fingerprint density at radius 1 is 0.344 bits per heavy atom. The smallest absolute Gasteiger partial charge is 0.235 e. The Labute approximate surface area is 349 Å². The van der Waals surface area contributed by atoms with Gasteiger partial charge in [-0.05, 0) is 92.7 Å². The number of hydrogen-bond acceptors (Lipinski definition) is 2. The van der Waals surface area contributed by atoms with E-state index in [1.807, 2.05) is 6.07 Å². The first-order chi connectivity index (χ1) is 30.3. The zero-order chi connectivity index (χ0) is 39.8. The predicted octanol–water partition coefficient (Wildman–Crippen LogP) is 14.5. The molecule has 13 aromatic rings. The average Bonchev–Trinajstić information content (AvgIpc) is 3.99. The Morgan fingerprint density at radius 2 is 0.852 bits per heavy atom. The highest BCUT2D eigenvalue weighted by Gasteiger charge is 2.22. The van der Waals surface area contributed by atoms with Crippen LogP contribution in [0.1, 0.15) is 11.1 Å². The van der Waals surface area contributed by atoms with Gasteiger partial charge in [-0.1, -0.05) is 152 Å². The highest BCUT2D eigenvalue weighted by molar-refractivity contribution is 6.27. The maximum absolute atomic E-state index is 5.30. The van der Waals surface area contributed by atoms with Gasteiger partial charge in [-0.2, -0.15) is 0 Å². The van der Waals surface area contributed by atoms with Gasteiger partial charge in [0.2, 0.25) is 5.95 Å². The van der Waals surface area contributed by atoms with E-state index < -0.39 is 0 Å². The number of hydrogen-bond donors (Lipinski definition) is 0. The topological polar surface area (TPSA) is 35.1 Å². The second-order valence-electron chi connectivity index (χ2n) is 16.5. The molecule has 4 heteroatoms. The summed E-state index contributed by atoms with van der Waals surface area (Å²) in [6.45, 7) is 0. The quantitative estimate of drug-likeness (QED) is 0.179. The molecule has 0 fully saturated rings. The Hall–Kier alpha value is -8.08. The van der Waals surface area contributed by atoms with Crippen LogP contribution in [0.15, 0.2) is 194 Å². The van der Waals surface area contributed by atoms with Gasteiger partial charge in [0, 0.05) is 43.3 Å². The molecule has 14 rings (SSSR count). The van der Waals surface area contributed by atoms with Crippen LogP contribution in [0.3, 0.4) is 0 Å². The van der Waals surface area contributed by atoms with Crippen LogP contribution in [-0.2, 0) is 6.42 Å². The first kappa shape index (κ1) is 32.8. The lowest BCUT2D eigenvalue weighted by Gasteiger charge is -2.12. The van der Waals surface area contributed by atoms with Gasteiger partial charge in [0.25, 0.3) is 0 Å². The number of aromatic nitrogens is 4. The second-order valence-corrected chi connectivity index (χ2v) is 16.5. The fourth-order valence-corrected chi connectivity index (χ4v) is 10.7. The Kier molecular flexibility index (Phi) is 6.58. The molecule has 61 heavy (non-hydrogen) atoms. The number of rotatable bonds is 3. The lowest BCUT2D eigenvalue weighted by molar-refractivity contribution is 1.01. The molecule has 282 valence electrons. The van der Waals surface area contributed by atoms with Crippen molar-refractivity contribution < 1.29 is 0 Å². The normalized spacial score (nSPS) is 12.5. The van der Waals surface area contributed by atoms with E-state index in [1.165, 1.54) is 92.7 Å². The summed E-state index contributed by atoms with van der Waals surface area (Å²) in [4.78, 5) is 10.5. The number of benzene rings is 9. The third kappa shape index (κ3) is 4.53. The largest absolute Gasteiger partial charge is 0.308 e. The van der Waals surface area contributed by atoms with Crippen LogP contribution < -0.4 is 0 Å². The Balaban J connectivity index is 1.03. The summed E-state index contributed by atoms with van der Waals surface area (Å²) in [7, 11) is 0. The fourth-order valence-electron chi connectivity index (χ4n) is 10.7. The van der Waals surface area contributed by atoms with Crippen LogP contribution in [-0.4, -0.2) is 18.9 Å². The van der Waals surface area contributed by atoms with E-state index >= 15 is 0 Å². The van der Waals surface area contributed by atoms with Crippen molar-refractivity contribution in [1.29, 1.82) is 0 Å². The van der Waals surface area contributed by atoms with Gasteiger partial charge in [0.15, 0.2) is 0 Å². The Bertz CT molecular complexity index is 4080. The van der Waals surface area contributed by atoms with E-state index in [9.17, 15) is 0 Å². The third-order valence-corrected chi connectivity index (χ3v) is 13.3. The van der Waals surface area contributed by atoms with E-state index in [0.717, 1.165) is 39.6 Å². The van der Waals surface area contributed by atoms with Crippen molar-refractivity contribution in [1.82, 2.24) is 18.9 Å². The number of nitrogens with zero attached hydrogens (tertiary/aromatic N) is 4. The molecule has 4 nitrogen and oxygen atoms in total. The molecule has 0 radical (unpaired) electrons. The van der Waals surface area contributed by atoms with Gasteiger partial charge in [-0.15, -0.1) is 0 Å². The van der Waals surface area contributed by atoms with Crippen molar-refractivity contribution >= 4 is 92.3 Å². The van der Waals surface area contributed by atoms with Gasteiger partial charge < -0.3 is 4.40 Å². The molecule has 0 amide bonds. The van der Waals surface area contributed by atoms with Crippen LogP contribution >= 0.6 is 0 Å². The van der Waals surface area contributed by atoms with Crippen molar-refractivity contribution in [3.8, 4) is 28.3 Å². The van der Waals surface area contributed by atoms with Gasteiger partial charge in [-0.3, -0.25) is 4.57 Å². The minimum Gasteiger partial charge on any atom is -0.308 e. The minimum atomic E-state index is 0.665. The maximum Gasteiger partial charge on any atom is 0.235 e. The summed E-state index contributed by atoms with van der Waals surface area (Å²) in [5, 5.41) is 13.8. The summed E-state index contributed by atoms with van der Waals surface area (Å²) < 4.78 is 4.76. The first-order valence-electron chi connectivity index (χ1n) is 21.0. The van der Waals surface area contributed by atoms with Crippen LogP contribution in [0.5, 0.6) is 0 Å². The zero-order valence-corrected chi connectivity index (χ0v) is 33.0. The molecule has 0 unspecified atom stereocenters. The summed E-state index contributed by atoms with van der Waals surface area (Å²) in [6, 6.07) is 70.9.